The number of H-pyrrole nitrogens is 1. The summed E-state index contributed by atoms with van der Waals surface area (Å²) in [4.78, 5) is 52.7. The molecule has 1 aromatic heterocycles. The lowest BCUT2D eigenvalue weighted by Gasteiger charge is -2.63. The number of aliphatic hydroxyl groups excluding tert-OH is 1. The van der Waals surface area contributed by atoms with Gasteiger partial charge in [-0.15, -0.1) is 0 Å². The first kappa shape index (κ1) is 39.6. The van der Waals surface area contributed by atoms with Gasteiger partial charge in [-0.05, 0) is 73.5 Å². The van der Waals surface area contributed by atoms with Gasteiger partial charge in [-0.25, -0.2) is 4.79 Å². The number of rotatable bonds is 7. The molecule has 2 aromatic carbocycles. The molecule has 59 heavy (non-hydrogen) atoms. The molecule has 14 nitrogen and oxygen atoms in total. The number of phenolic OH excluding ortho intramolecular Hbond substituents is 1. The minimum absolute atomic E-state index is 0.0740. The van der Waals surface area contributed by atoms with Crippen LogP contribution < -0.4 is 9.64 Å². The van der Waals surface area contributed by atoms with E-state index in [-0.39, 0.29) is 24.1 Å². The zero-order chi connectivity index (χ0) is 42.0. The highest BCUT2D eigenvalue weighted by atomic mass is 16.6. The van der Waals surface area contributed by atoms with Crippen LogP contribution in [0, 0.1) is 11.3 Å². The van der Waals surface area contributed by atoms with Gasteiger partial charge in [0.2, 0.25) is 5.60 Å². The number of hydrogen-bond donors (Lipinski definition) is 4. The largest absolute Gasteiger partial charge is 0.508 e. The van der Waals surface area contributed by atoms with Crippen molar-refractivity contribution in [2.45, 2.75) is 87.3 Å². The minimum atomic E-state index is -2.33. The maximum atomic E-state index is 15.2. The van der Waals surface area contributed by atoms with Crippen molar-refractivity contribution in [1.82, 2.24) is 14.8 Å². The number of hydrogen-bond acceptors (Lipinski definition) is 13. The smallest absolute Gasteiger partial charge is 0.344 e. The van der Waals surface area contributed by atoms with Gasteiger partial charge in [0.25, 0.3) is 0 Å². The van der Waals surface area contributed by atoms with Crippen LogP contribution in [0.3, 0.4) is 0 Å². The Labute approximate surface area is 343 Å². The fraction of sp³-hybridized carbons (Fsp3) is 0.533. The molecule has 314 valence electrons. The summed E-state index contributed by atoms with van der Waals surface area (Å²) < 4.78 is 23.7. The number of phenols is 1. The summed E-state index contributed by atoms with van der Waals surface area (Å²) in [6.07, 6.45) is 5.39. The zero-order valence-corrected chi connectivity index (χ0v) is 34.7. The standard InChI is InChI=1S/C45H54N4O10/c1-8-42-12-9-14-49-15-13-43(37(42)49)31-18-32(35(56-5)19-34(31)47(4)38(43)45(55,41(54)58-7)39(42)59-25(3)51)44(40(53)57-6)20-26-16-27(24(2)50)22-48(21-26)23-30-29-11-10-28(52)17-33(29)46-36(30)44/h9-12,16-19,24,26,37-39,46,50,52,55H,8,13-15,20-23H2,1-7H3/t24?,26-,37+,38-,39-,42-,43-,44+,45+/m1/s1. The number of aromatic hydroxyl groups is 1. The van der Waals surface area contributed by atoms with Crippen molar-refractivity contribution in [2.24, 2.45) is 11.3 Å². The molecule has 2 fully saturated rings. The Morgan fingerprint density at radius 1 is 1.03 bits per heavy atom. The molecule has 10 atom stereocenters. The maximum absolute atomic E-state index is 15.2. The Kier molecular flexibility index (Phi) is 9.10. The normalized spacial score (nSPS) is 34.7. The topological polar surface area (TPSA) is 174 Å². The van der Waals surface area contributed by atoms with E-state index >= 15 is 4.79 Å². The Morgan fingerprint density at radius 3 is 2.47 bits per heavy atom. The molecule has 14 heteroatoms. The third kappa shape index (κ3) is 5.09. The Balaban J connectivity index is 1.37. The summed E-state index contributed by atoms with van der Waals surface area (Å²) in [6.45, 7) is 7.93. The number of benzene rings is 2. The highest BCUT2D eigenvalue weighted by Crippen LogP contribution is 2.68. The fourth-order valence-corrected chi connectivity index (χ4v) is 12.9. The molecule has 9 rings (SSSR count). The van der Waals surface area contributed by atoms with Crippen molar-refractivity contribution in [3.05, 3.63) is 76.5 Å². The summed E-state index contributed by atoms with van der Waals surface area (Å²) >= 11 is 0. The van der Waals surface area contributed by atoms with Gasteiger partial charge in [-0.3, -0.25) is 19.4 Å². The van der Waals surface area contributed by atoms with Crippen molar-refractivity contribution in [1.29, 1.82) is 0 Å². The molecule has 0 amide bonds. The number of nitrogens with one attached hydrogen (secondary N) is 1. The van der Waals surface area contributed by atoms with E-state index < -0.39 is 58.0 Å². The highest BCUT2D eigenvalue weighted by molar-refractivity contribution is 5.95. The molecule has 6 heterocycles. The van der Waals surface area contributed by atoms with Gasteiger partial charge in [0.1, 0.15) is 16.9 Å². The van der Waals surface area contributed by atoms with E-state index in [4.69, 9.17) is 18.9 Å². The van der Waals surface area contributed by atoms with Gasteiger partial charge in [-0.2, -0.15) is 0 Å². The van der Waals surface area contributed by atoms with E-state index in [9.17, 15) is 24.9 Å². The fourth-order valence-electron chi connectivity index (χ4n) is 12.9. The number of carbonyl (C=O) groups is 3. The second-order valence-corrected chi connectivity index (χ2v) is 17.6. The predicted molar refractivity (Wildman–Crippen MR) is 217 cm³/mol. The third-order valence-corrected chi connectivity index (χ3v) is 14.9. The van der Waals surface area contributed by atoms with Gasteiger partial charge in [0, 0.05) is 97.0 Å². The highest BCUT2D eigenvalue weighted by Gasteiger charge is 2.80. The molecule has 5 aliphatic heterocycles. The van der Waals surface area contributed by atoms with Gasteiger partial charge < -0.3 is 44.2 Å². The molecule has 1 saturated carbocycles. The van der Waals surface area contributed by atoms with Crippen LogP contribution in [0.5, 0.6) is 11.5 Å². The second kappa shape index (κ2) is 13.6. The third-order valence-electron chi connectivity index (χ3n) is 14.9. The Hall–Kier alpha value is -4.89. The van der Waals surface area contributed by atoms with E-state index in [1.165, 1.54) is 21.1 Å². The van der Waals surface area contributed by atoms with Crippen molar-refractivity contribution in [3.63, 3.8) is 0 Å². The van der Waals surface area contributed by atoms with Crippen LogP contribution in [0.25, 0.3) is 10.9 Å². The molecule has 0 radical (unpaired) electrons. The predicted octanol–water partition coefficient (Wildman–Crippen LogP) is 3.43. The van der Waals surface area contributed by atoms with E-state index in [2.05, 4.69) is 20.9 Å². The minimum Gasteiger partial charge on any atom is -0.508 e. The number of ether oxygens (including phenoxy) is 4. The lowest BCUT2D eigenvalue weighted by Crippen LogP contribution is -2.81. The van der Waals surface area contributed by atoms with Crippen LogP contribution in [-0.2, 0) is 46.0 Å². The van der Waals surface area contributed by atoms with E-state index in [0.29, 0.717) is 73.8 Å². The lowest BCUT2D eigenvalue weighted by atomic mass is 9.47. The van der Waals surface area contributed by atoms with Crippen LogP contribution in [0.4, 0.5) is 5.69 Å². The first-order chi connectivity index (χ1) is 28.2. The number of likely N-dealkylation sites (N-methyl/N-ethyl adjacent to an activating group) is 1. The molecule has 6 aliphatic rings. The van der Waals surface area contributed by atoms with Gasteiger partial charge >= 0.3 is 17.9 Å². The summed E-state index contributed by atoms with van der Waals surface area (Å²) in [5, 5.41) is 35.7. The molecule has 3 aromatic rings. The van der Waals surface area contributed by atoms with Crippen molar-refractivity contribution in [2.75, 3.05) is 59.5 Å². The van der Waals surface area contributed by atoms with Crippen LogP contribution in [0.15, 0.2) is 54.1 Å². The number of aliphatic hydroxyl groups is 2. The van der Waals surface area contributed by atoms with Gasteiger partial charge in [0.05, 0.1) is 33.5 Å². The summed E-state index contributed by atoms with van der Waals surface area (Å²) in [5.74, 6) is -1.76. The average molecular weight is 811 g/mol. The Morgan fingerprint density at radius 2 is 1.80 bits per heavy atom. The number of nitrogens with zero attached hydrogens (tertiary/aromatic N) is 3. The van der Waals surface area contributed by atoms with Gasteiger partial charge in [0.15, 0.2) is 6.10 Å². The average Bonchev–Trinajstić information content (AvgIpc) is 3.86. The molecule has 1 spiro atoms. The SMILES string of the molecule is CC[C@]12C=CCN3CC[C@@]4(c5cc([C@@]6(C(=O)OC)C[C@H]7C=C(C(C)O)CN(Cc8c6[nH]c6cc(O)ccc86)C7)c(OC)cc5N(C)[C@H]4[C@@](O)(C(=O)OC)[C@@H]1OC(C)=O)[C@@H]32. The van der Waals surface area contributed by atoms with Gasteiger partial charge in [-0.1, -0.05) is 25.2 Å². The number of methoxy groups -OCH3 is 3. The summed E-state index contributed by atoms with van der Waals surface area (Å²) in [6, 6.07) is 7.80. The maximum Gasteiger partial charge on any atom is 0.344 e. The lowest BCUT2D eigenvalue weighted by molar-refractivity contribution is -0.228. The monoisotopic (exact) mass is 810 g/mol. The van der Waals surface area contributed by atoms with Crippen molar-refractivity contribution >= 4 is 34.5 Å². The van der Waals surface area contributed by atoms with E-state index in [1.807, 2.05) is 49.2 Å². The number of aromatic amines is 1. The molecular formula is C45H54N4O10. The summed E-state index contributed by atoms with van der Waals surface area (Å²) in [7, 11) is 6.02. The first-order valence-electron chi connectivity index (χ1n) is 20.5. The van der Waals surface area contributed by atoms with Crippen molar-refractivity contribution in [3.8, 4) is 11.5 Å². The molecule has 1 aliphatic carbocycles. The number of fused-ring (bicyclic) bond motifs is 6. The van der Waals surface area contributed by atoms with E-state index in [1.54, 1.807) is 26.2 Å². The molecule has 2 bridgehead atoms. The van der Waals surface area contributed by atoms with Crippen LogP contribution in [0.1, 0.15) is 62.4 Å². The van der Waals surface area contributed by atoms with Crippen LogP contribution in [-0.4, -0.2) is 132 Å². The first-order valence-corrected chi connectivity index (χ1v) is 20.5. The number of aromatic nitrogens is 1. The molecule has 4 N–H and O–H groups in total. The summed E-state index contributed by atoms with van der Waals surface area (Å²) in [5.41, 5.74) is -0.709. The van der Waals surface area contributed by atoms with Crippen LogP contribution in [0.2, 0.25) is 0 Å². The molecule has 2 unspecified atom stereocenters. The molecular weight excluding hydrogens is 757 g/mol. The quantitative estimate of drug-likeness (QED) is 0.156. The van der Waals surface area contributed by atoms with E-state index in [0.717, 1.165) is 22.1 Å². The van der Waals surface area contributed by atoms with Crippen molar-refractivity contribution < 1.29 is 48.7 Å². The number of anilines is 1. The number of esters is 3. The Bertz CT molecular complexity index is 2340. The zero-order valence-electron chi connectivity index (χ0n) is 34.7. The second-order valence-electron chi connectivity index (χ2n) is 17.6. The van der Waals surface area contributed by atoms with Crippen LogP contribution >= 0.6 is 0 Å². The number of carbonyl (C=O) groups excluding carboxylic acids is 3. The molecule has 1 saturated heterocycles.